The van der Waals surface area contributed by atoms with Crippen LogP contribution in [0.4, 0.5) is 0 Å². The Morgan fingerprint density at radius 3 is 2.69 bits per heavy atom. The summed E-state index contributed by atoms with van der Waals surface area (Å²) in [6.07, 6.45) is 0. The lowest BCUT2D eigenvalue weighted by Crippen LogP contribution is -2.48. The Morgan fingerprint density at radius 1 is 1.00 bits per heavy atom. The lowest BCUT2D eigenvalue weighted by atomic mass is 10.1. The molecule has 0 saturated carbocycles. The molecule has 3 aromatic rings. The zero-order chi connectivity index (χ0) is 19.8. The van der Waals surface area contributed by atoms with Crippen LogP contribution in [-0.4, -0.2) is 58.8 Å². The molecule has 7 nitrogen and oxygen atoms in total. The Labute approximate surface area is 168 Å². The molecule has 2 aliphatic rings. The molecule has 1 saturated heterocycles. The molecule has 0 atom stereocenters. The number of pyridine rings is 1. The van der Waals surface area contributed by atoms with Crippen molar-refractivity contribution in [3.05, 3.63) is 59.8 Å². The minimum atomic E-state index is -0.0992. The van der Waals surface area contributed by atoms with Gasteiger partial charge in [0.25, 0.3) is 5.91 Å². The summed E-state index contributed by atoms with van der Waals surface area (Å²) in [5.41, 5.74) is 1.99. The van der Waals surface area contributed by atoms with Crippen LogP contribution in [0.3, 0.4) is 0 Å². The lowest BCUT2D eigenvalue weighted by Gasteiger charge is -2.34. The van der Waals surface area contributed by atoms with Gasteiger partial charge in [0, 0.05) is 38.1 Å². The highest BCUT2D eigenvalue weighted by molar-refractivity contribution is 5.96. The first-order valence-electron chi connectivity index (χ1n) is 9.66. The van der Waals surface area contributed by atoms with Gasteiger partial charge >= 0.3 is 0 Å². The number of carbonyl (C=O) groups excluding carboxylic acids is 1. The van der Waals surface area contributed by atoms with Crippen LogP contribution in [0.5, 0.6) is 17.2 Å². The number of hydrogen-bond acceptors (Lipinski definition) is 6. The Balaban J connectivity index is 1.23. The highest BCUT2D eigenvalue weighted by Gasteiger charge is 2.24. The number of fused-ring (bicyclic) bond motifs is 2. The highest BCUT2D eigenvalue weighted by atomic mass is 16.7. The number of nitrogens with zero attached hydrogens (tertiary/aromatic N) is 3. The van der Waals surface area contributed by atoms with Crippen molar-refractivity contribution in [1.29, 1.82) is 0 Å². The molecule has 0 aliphatic carbocycles. The molecule has 5 rings (SSSR count). The molecule has 0 unspecified atom stereocenters. The Kier molecular flexibility index (Phi) is 4.44. The van der Waals surface area contributed by atoms with E-state index >= 15 is 0 Å². The number of phenols is 1. The van der Waals surface area contributed by atoms with Gasteiger partial charge in [0.05, 0.1) is 0 Å². The maximum absolute atomic E-state index is 12.9. The van der Waals surface area contributed by atoms with Gasteiger partial charge in [0.2, 0.25) is 6.79 Å². The monoisotopic (exact) mass is 391 g/mol. The summed E-state index contributed by atoms with van der Waals surface area (Å²) < 4.78 is 10.8. The summed E-state index contributed by atoms with van der Waals surface area (Å²) in [6, 6.07) is 14.8. The van der Waals surface area contributed by atoms with Crippen molar-refractivity contribution in [3.63, 3.8) is 0 Å². The largest absolute Gasteiger partial charge is 0.506 e. The summed E-state index contributed by atoms with van der Waals surface area (Å²) in [4.78, 5) is 21.4. The van der Waals surface area contributed by atoms with Gasteiger partial charge in [-0.3, -0.25) is 9.69 Å². The van der Waals surface area contributed by atoms with Gasteiger partial charge in [-0.1, -0.05) is 24.3 Å². The van der Waals surface area contributed by atoms with Crippen LogP contribution in [0, 0.1) is 0 Å². The summed E-state index contributed by atoms with van der Waals surface area (Å²) in [5, 5.41) is 10.8. The van der Waals surface area contributed by atoms with Crippen LogP contribution in [0.1, 0.15) is 16.1 Å². The molecule has 1 amide bonds. The smallest absolute Gasteiger partial charge is 0.272 e. The van der Waals surface area contributed by atoms with Crippen molar-refractivity contribution in [2.75, 3.05) is 33.0 Å². The van der Waals surface area contributed by atoms with Crippen molar-refractivity contribution in [3.8, 4) is 17.2 Å². The summed E-state index contributed by atoms with van der Waals surface area (Å²) >= 11 is 0. The van der Waals surface area contributed by atoms with E-state index in [9.17, 15) is 9.90 Å². The Bertz CT molecular complexity index is 1080. The molecule has 7 heteroatoms. The predicted molar refractivity (Wildman–Crippen MR) is 107 cm³/mol. The van der Waals surface area contributed by atoms with Gasteiger partial charge in [-0.25, -0.2) is 4.98 Å². The van der Waals surface area contributed by atoms with Crippen molar-refractivity contribution < 1.29 is 19.4 Å². The molecular formula is C22H21N3O4. The van der Waals surface area contributed by atoms with Crippen LogP contribution in [-0.2, 0) is 6.54 Å². The Hall–Kier alpha value is -3.32. The fourth-order valence-electron chi connectivity index (χ4n) is 3.82. The number of carbonyl (C=O) groups is 1. The second-order valence-electron chi connectivity index (χ2n) is 7.30. The zero-order valence-corrected chi connectivity index (χ0v) is 15.9. The van der Waals surface area contributed by atoms with Gasteiger partial charge in [0.1, 0.15) is 17.0 Å². The van der Waals surface area contributed by atoms with E-state index in [1.165, 1.54) is 5.56 Å². The van der Waals surface area contributed by atoms with Gasteiger partial charge in [-0.05, 0) is 29.8 Å². The van der Waals surface area contributed by atoms with E-state index in [0.29, 0.717) is 24.3 Å². The van der Waals surface area contributed by atoms with Crippen molar-refractivity contribution in [1.82, 2.24) is 14.8 Å². The number of ether oxygens (including phenoxy) is 2. The van der Waals surface area contributed by atoms with Gasteiger partial charge in [0.15, 0.2) is 11.5 Å². The van der Waals surface area contributed by atoms with Crippen LogP contribution in [0.25, 0.3) is 10.9 Å². The number of hydrogen-bond donors (Lipinski definition) is 1. The van der Waals surface area contributed by atoms with E-state index in [0.717, 1.165) is 36.5 Å². The van der Waals surface area contributed by atoms with E-state index in [-0.39, 0.29) is 18.4 Å². The molecule has 1 aromatic heterocycles. The molecule has 2 aliphatic heterocycles. The molecule has 0 spiro atoms. The molecule has 3 heterocycles. The molecular weight excluding hydrogens is 370 g/mol. The molecule has 29 heavy (non-hydrogen) atoms. The third kappa shape index (κ3) is 3.45. The third-order valence-electron chi connectivity index (χ3n) is 5.42. The number of phenolic OH excluding ortho intramolecular Hbond substituents is 1. The number of rotatable bonds is 3. The first kappa shape index (κ1) is 17.8. The Morgan fingerprint density at radius 2 is 1.83 bits per heavy atom. The number of amides is 1. The maximum atomic E-state index is 12.9. The van der Waals surface area contributed by atoms with E-state index in [1.54, 1.807) is 18.2 Å². The SMILES string of the molecule is O=C(c1ccc2cccc(O)c2n1)N1CCN(Cc2ccc3c(c2)OCO3)CC1. The number of benzene rings is 2. The minimum Gasteiger partial charge on any atom is -0.506 e. The van der Waals surface area contributed by atoms with E-state index in [4.69, 9.17) is 9.47 Å². The molecule has 1 N–H and O–H groups in total. The molecule has 1 fully saturated rings. The normalized spacial score (nSPS) is 16.3. The van der Waals surface area contributed by atoms with E-state index < -0.39 is 0 Å². The summed E-state index contributed by atoms with van der Waals surface area (Å²) in [7, 11) is 0. The number of aromatic nitrogens is 1. The maximum Gasteiger partial charge on any atom is 0.272 e. The number of para-hydroxylation sites is 1. The van der Waals surface area contributed by atoms with Crippen LogP contribution < -0.4 is 9.47 Å². The quantitative estimate of drug-likeness (QED) is 0.740. The van der Waals surface area contributed by atoms with Crippen LogP contribution in [0.2, 0.25) is 0 Å². The standard InChI is InChI=1S/C22H21N3O4/c26-18-3-1-2-16-5-6-17(23-21(16)18)22(27)25-10-8-24(9-11-25)13-15-4-7-19-20(12-15)29-14-28-19/h1-7,12,26H,8-11,13-14H2. The van der Waals surface area contributed by atoms with Gasteiger partial charge in [-0.2, -0.15) is 0 Å². The topological polar surface area (TPSA) is 75.1 Å². The molecule has 0 bridgehead atoms. The van der Waals surface area contributed by atoms with Crippen molar-refractivity contribution >= 4 is 16.8 Å². The van der Waals surface area contributed by atoms with Gasteiger partial charge < -0.3 is 19.5 Å². The predicted octanol–water partition coefficient (Wildman–Crippen LogP) is 2.63. The van der Waals surface area contributed by atoms with E-state index in [1.807, 2.05) is 29.2 Å². The number of aromatic hydroxyl groups is 1. The molecule has 0 radical (unpaired) electrons. The second kappa shape index (κ2) is 7.25. The third-order valence-corrected chi connectivity index (χ3v) is 5.42. The van der Waals surface area contributed by atoms with Gasteiger partial charge in [-0.15, -0.1) is 0 Å². The summed E-state index contributed by atoms with van der Waals surface area (Å²) in [5.74, 6) is 1.57. The first-order valence-corrected chi connectivity index (χ1v) is 9.66. The average Bonchev–Trinajstić information content (AvgIpc) is 3.22. The van der Waals surface area contributed by atoms with Crippen molar-refractivity contribution in [2.45, 2.75) is 6.54 Å². The lowest BCUT2D eigenvalue weighted by molar-refractivity contribution is 0.0623. The van der Waals surface area contributed by atoms with Crippen LogP contribution in [0.15, 0.2) is 48.5 Å². The minimum absolute atomic E-state index is 0.0886. The molecule has 2 aromatic carbocycles. The van der Waals surface area contributed by atoms with Crippen molar-refractivity contribution in [2.24, 2.45) is 0 Å². The zero-order valence-electron chi connectivity index (χ0n) is 15.9. The second-order valence-corrected chi connectivity index (χ2v) is 7.30. The first-order chi connectivity index (χ1) is 14.2. The number of piperazine rings is 1. The molecule has 148 valence electrons. The highest BCUT2D eigenvalue weighted by Crippen LogP contribution is 2.33. The average molecular weight is 391 g/mol. The fourth-order valence-corrected chi connectivity index (χ4v) is 3.82. The van der Waals surface area contributed by atoms with E-state index in [2.05, 4.69) is 16.0 Å². The fraction of sp³-hybridized carbons (Fsp3) is 0.273. The summed E-state index contributed by atoms with van der Waals surface area (Å²) in [6.45, 7) is 3.95. The van der Waals surface area contributed by atoms with Crippen LogP contribution >= 0.6 is 0 Å².